The van der Waals surface area contributed by atoms with Crippen LogP contribution in [0.4, 0.5) is 5.69 Å². The van der Waals surface area contributed by atoms with Crippen LogP contribution in [0.15, 0.2) is 81.8 Å². The standard InChI is InChI=1S/C24H22N2O3/c1-17-10-12-20(13-11-17)26(16-21-9-6-14-28-21)23(27)15-22-18(2)29-24(25-22)19-7-4-3-5-8-19/h3-14H,15-16H2,1-2H3. The number of benzene rings is 2. The molecule has 5 nitrogen and oxygen atoms in total. The first kappa shape index (κ1) is 18.7. The summed E-state index contributed by atoms with van der Waals surface area (Å²) in [5.41, 5.74) is 3.49. The largest absolute Gasteiger partial charge is 0.467 e. The molecule has 0 atom stereocenters. The predicted octanol–water partition coefficient (Wildman–Crippen LogP) is 5.33. The van der Waals surface area contributed by atoms with E-state index in [0.29, 0.717) is 23.9 Å². The monoisotopic (exact) mass is 386 g/mol. The smallest absolute Gasteiger partial charge is 0.233 e. The second kappa shape index (κ2) is 8.19. The van der Waals surface area contributed by atoms with Gasteiger partial charge in [0.15, 0.2) is 0 Å². The first-order valence-corrected chi connectivity index (χ1v) is 9.51. The normalized spacial score (nSPS) is 10.8. The van der Waals surface area contributed by atoms with E-state index in [1.165, 1.54) is 0 Å². The molecule has 0 radical (unpaired) electrons. The Morgan fingerprint density at radius 3 is 2.41 bits per heavy atom. The first-order valence-electron chi connectivity index (χ1n) is 9.51. The van der Waals surface area contributed by atoms with Gasteiger partial charge in [-0.15, -0.1) is 0 Å². The van der Waals surface area contributed by atoms with Gasteiger partial charge in [-0.05, 0) is 50.2 Å². The summed E-state index contributed by atoms with van der Waals surface area (Å²) in [6.45, 7) is 4.22. The lowest BCUT2D eigenvalue weighted by atomic mass is 10.2. The summed E-state index contributed by atoms with van der Waals surface area (Å²) in [7, 11) is 0. The Morgan fingerprint density at radius 2 is 1.72 bits per heavy atom. The molecule has 2 aromatic carbocycles. The third-order valence-electron chi connectivity index (χ3n) is 4.77. The zero-order chi connectivity index (χ0) is 20.2. The summed E-state index contributed by atoms with van der Waals surface area (Å²) in [4.78, 5) is 19.5. The molecule has 0 aliphatic rings. The average molecular weight is 386 g/mol. The van der Waals surface area contributed by atoms with Gasteiger partial charge in [0.05, 0.1) is 24.9 Å². The van der Waals surface area contributed by atoms with E-state index in [0.717, 1.165) is 22.6 Å². The predicted molar refractivity (Wildman–Crippen MR) is 111 cm³/mol. The minimum Gasteiger partial charge on any atom is -0.467 e. The highest BCUT2D eigenvalue weighted by molar-refractivity contribution is 5.94. The van der Waals surface area contributed by atoms with Crippen LogP contribution in [-0.4, -0.2) is 10.9 Å². The fourth-order valence-electron chi connectivity index (χ4n) is 3.14. The van der Waals surface area contributed by atoms with Crippen LogP contribution in [0.2, 0.25) is 0 Å². The first-order chi connectivity index (χ1) is 14.1. The molecule has 29 heavy (non-hydrogen) atoms. The van der Waals surface area contributed by atoms with Gasteiger partial charge in [-0.3, -0.25) is 4.79 Å². The zero-order valence-corrected chi connectivity index (χ0v) is 16.5. The van der Waals surface area contributed by atoms with Crippen molar-refractivity contribution in [3.63, 3.8) is 0 Å². The highest BCUT2D eigenvalue weighted by Gasteiger charge is 2.21. The van der Waals surface area contributed by atoms with E-state index >= 15 is 0 Å². The van der Waals surface area contributed by atoms with Gasteiger partial charge >= 0.3 is 0 Å². The van der Waals surface area contributed by atoms with Gasteiger partial charge in [-0.2, -0.15) is 0 Å². The van der Waals surface area contributed by atoms with Crippen molar-refractivity contribution < 1.29 is 13.6 Å². The Kier molecular flexibility index (Phi) is 5.29. The summed E-state index contributed by atoms with van der Waals surface area (Å²) in [5, 5.41) is 0. The minimum absolute atomic E-state index is 0.0683. The van der Waals surface area contributed by atoms with Crippen LogP contribution >= 0.6 is 0 Å². The number of furan rings is 1. The summed E-state index contributed by atoms with van der Waals surface area (Å²) >= 11 is 0. The van der Waals surface area contributed by atoms with Gasteiger partial charge in [0, 0.05) is 11.3 Å². The van der Waals surface area contributed by atoms with Crippen LogP contribution < -0.4 is 4.90 Å². The highest BCUT2D eigenvalue weighted by Crippen LogP contribution is 2.24. The molecule has 2 heterocycles. The van der Waals surface area contributed by atoms with E-state index in [-0.39, 0.29) is 12.3 Å². The van der Waals surface area contributed by atoms with Crippen molar-refractivity contribution in [2.45, 2.75) is 26.8 Å². The van der Waals surface area contributed by atoms with Crippen LogP contribution in [0.5, 0.6) is 0 Å². The molecule has 0 spiro atoms. The second-order valence-electron chi connectivity index (χ2n) is 6.96. The molecule has 2 aromatic heterocycles. The Balaban J connectivity index is 1.59. The van der Waals surface area contributed by atoms with Gasteiger partial charge in [-0.1, -0.05) is 35.9 Å². The van der Waals surface area contributed by atoms with Crippen LogP contribution in [0.1, 0.15) is 22.8 Å². The summed E-state index contributed by atoms with van der Waals surface area (Å²) in [6, 6.07) is 21.2. The summed E-state index contributed by atoms with van der Waals surface area (Å²) in [5.74, 6) is 1.83. The van der Waals surface area contributed by atoms with Gasteiger partial charge in [-0.25, -0.2) is 4.98 Å². The lowest BCUT2D eigenvalue weighted by Gasteiger charge is -2.22. The molecule has 0 aliphatic heterocycles. The second-order valence-corrected chi connectivity index (χ2v) is 6.96. The maximum absolute atomic E-state index is 13.2. The van der Waals surface area contributed by atoms with E-state index in [9.17, 15) is 4.79 Å². The number of oxazole rings is 1. The SMILES string of the molecule is Cc1ccc(N(Cc2ccco2)C(=O)Cc2nc(-c3ccccc3)oc2C)cc1. The van der Waals surface area contributed by atoms with Crippen molar-refractivity contribution in [1.82, 2.24) is 4.98 Å². The maximum Gasteiger partial charge on any atom is 0.233 e. The highest BCUT2D eigenvalue weighted by atomic mass is 16.4. The lowest BCUT2D eigenvalue weighted by Crippen LogP contribution is -2.31. The topological polar surface area (TPSA) is 59.5 Å². The average Bonchev–Trinajstić information content (AvgIpc) is 3.38. The molecule has 0 fully saturated rings. The molecule has 0 saturated heterocycles. The maximum atomic E-state index is 13.2. The fourth-order valence-corrected chi connectivity index (χ4v) is 3.14. The van der Waals surface area contributed by atoms with Crippen molar-refractivity contribution >= 4 is 11.6 Å². The quantitative estimate of drug-likeness (QED) is 0.449. The number of nitrogens with zero attached hydrogens (tertiary/aromatic N) is 2. The van der Waals surface area contributed by atoms with E-state index in [2.05, 4.69) is 4.98 Å². The number of carbonyl (C=O) groups excluding carboxylic acids is 1. The van der Waals surface area contributed by atoms with Crippen molar-refractivity contribution in [2.75, 3.05) is 4.90 Å². The molecular formula is C24H22N2O3. The van der Waals surface area contributed by atoms with Gasteiger partial charge in [0.1, 0.15) is 11.5 Å². The van der Waals surface area contributed by atoms with Gasteiger partial charge in [0.25, 0.3) is 0 Å². The molecule has 146 valence electrons. The number of hydrogen-bond acceptors (Lipinski definition) is 4. The third-order valence-corrected chi connectivity index (χ3v) is 4.77. The number of anilines is 1. The van der Waals surface area contributed by atoms with Gasteiger partial charge in [0.2, 0.25) is 11.8 Å². The molecule has 4 rings (SSSR count). The summed E-state index contributed by atoms with van der Waals surface area (Å²) in [6.07, 6.45) is 1.76. The van der Waals surface area contributed by atoms with Crippen LogP contribution in [0.3, 0.4) is 0 Å². The number of rotatable bonds is 6. The minimum atomic E-state index is -0.0683. The Labute approximate surface area is 169 Å². The van der Waals surface area contributed by atoms with Crippen LogP contribution in [0.25, 0.3) is 11.5 Å². The Hall–Kier alpha value is -3.60. The van der Waals surface area contributed by atoms with E-state index in [1.807, 2.05) is 80.6 Å². The lowest BCUT2D eigenvalue weighted by molar-refractivity contribution is -0.118. The molecule has 0 N–H and O–H groups in total. The van der Waals surface area contributed by atoms with Crippen LogP contribution in [0, 0.1) is 13.8 Å². The summed E-state index contributed by atoms with van der Waals surface area (Å²) < 4.78 is 11.3. The van der Waals surface area contributed by atoms with Crippen molar-refractivity contribution in [1.29, 1.82) is 0 Å². The Morgan fingerprint density at radius 1 is 0.966 bits per heavy atom. The number of amides is 1. The van der Waals surface area contributed by atoms with E-state index in [1.54, 1.807) is 11.2 Å². The third kappa shape index (κ3) is 4.29. The van der Waals surface area contributed by atoms with Crippen molar-refractivity contribution in [2.24, 2.45) is 0 Å². The van der Waals surface area contributed by atoms with Gasteiger partial charge < -0.3 is 13.7 Å². The molecular weight excluding hydrogens is 364 g/mol. The molecule has 4 aromatic rings. The zero-order valence-electron chi connectivity index (χ0n) is 16.5. The van der Waals surface area contributed by atoms with Crippen molar-refractivity contribution in [3.05, 3.63) is 95.8 Å². The number of aromatic nitrogens is 1. The Bertz CT molecular complexity index is 1080. The van der Waals surface area contributed by atoms with E-state index in [4.69, 9.17) is 8.83 Å². The number of hydrogen-bond donors (Lipinski definition) is 0. The molecule has 0 aliphatic carbocycles. The van der Waals surface area contributed by atoms with Crippen molar-refractivity contribution in [3.8, 4) is 11.5 Å². The number of carbonyl (C=O) groups is 1. The molecule has 0 unspecified atom stereocenters. The fraction of sp³-hybridized carbons (Fsp3) is 0.167. The molecule has 0 bridgehead atoms. The van der Waals surface area contributed by atoms with Crippen LogP contribution in [-0.2, 0) is 17.8 Å². The molecule has 1 amide bonds. The number of aryl methyl sites for hydroxylation is 2. The van der Waals surface area contributed by atoms with E-state index < -0.39 is 0 Å². The molecule has 0 saturated carbocycles. The molecule has 5 heteroatoms.